The molecule has 0 heterocycles. The van der Waals surface area contributed by atoms with E-state index < -0.39 is 10.0 Å². The van der Waals surface area contributed by atoms with E-state index in [-0.39, 0.29) is 10.7 Å². The highest BCUT2D eigenvalue weighted by atomic mass is 32.2. The average molecular weight is 308 g/mol. The van der Waals surface area contributed by atoms with Gasteiger partial charge in [-0.05, 0) is 48.7 Å². The van der Waals surface area contributed by atoms with Gasteiger partial charge in [-0.3, -0.25) is 0 Å². The van der Waals surface area contributed by atoms with E-state index in [0.29, 0.717) is 17.8 Å². The summed E-state index contributed by atoms with van der Waals surface area (Å²) in [6, 6.07) is 9.61. The van der Waals surface area contributed by atoms with Crippen molar-refractivity contribution in [3.05, 3.63) is 58.9 Å². The van der Waals surface area contributed by atoms with E-state index in [4.69, 9.17) is 5.14 Å². The average Bonchev–Trinajstić information content (AvgIpc) is 2.40. The van der Waals surface area contributed by atoms with Gasteiger partial charge in [-0.25, -0.2) is 17.9 Å². The molecule has 0 unspecified atom stereocenters. The van der Waals surface area contributed by atoms with Gasteiger partial charge < -0.3 is 5.32 Å². The van der Waals surface area contributed by atoms with Crippen molar-refractivity contribution < 1.29 is 12.8 Å². The van der Waals surface area contributed by atoms with E-state index in [0.717, 1.165) is 11.1 Å². The summed E-state index contributed by atoms with van der Waals surface area (Å²) in [5.74, 6) is -0.260. The predicted octanol–water partition coefficient (Wildman–Crippen LogP) is 2.70. The molecule has 112 valence electrons. The molecule has 21 heavy (non-hydrogen) atoms. The van der Waals surface area contributed by atoms with Crippen LogP contribution in [0.15, 0.2) is 41.3 Å². The number of hydrogen-bond acceptors (Lipinski definition) is 3. The molecule has 0 bridgehead atoms. The molecule has 0 saturated heterocycles. The fraction of sp³-hybridized carbons (Fsp3) is 0.200. The second kappa shape index (κ2) is 5.83. The maximum atomic E-state index is 13.5. The molecular weight excluding hydrogens is 291 g/mol. The quantitative estimate of drug-likeness (QED) is 0.912. The Bertz CT molecular complexity index is 773. The summed E-state index contributed by atoms with van der Waals surface area (Å²) in [6.45, 7) is 3.95. The van der Waals surface area contributed by atoms with Crippen LogP contribution in [0, 0.1) is 19.7 Å². The van der Waals surface area contributed by atoms with Crippen molar-refractivity contribution in [2.75, 3.05) is 5.32 Å². The SMILES string of the molecule is Cc1ccc(CNc2cc(S(N)(=O)=O)ccc2C)cc1F. The van der Waals surface area contributed by atoms with Crippen molar-refractivity contribution in [1.29, 1.82) is 0 Å². The highest BCUT2D eigenvalue weighted by Gasteiger charge is 2.10. The highest BCUT2D eigenvalue weighted by molar-refractivity contribution is 7.89. The molecule has 0 fully saturated rings. The number of sulfonamides is 1. The molecule has 0 aliphatic carbocycles. The van der Waals surface area contributed by atoms with Gasteiger partial charge in [-0.1, -0.05) is 18.2 Å². The first kappa shape index (κ1) is 15.5. The van der Waals surface area contributed by atoms with Gasteiger partial charge in [0.25, 0.3) is 0 Å². The van der Waals surface area contributed by atoms with E-state index in [1.165, 1.54) is 18.2 Å². The fourth-order valence-corrected chi connectivity index (χ4v) is 2.45. The van der Waals surface area contributed by atoms with Gasteiger partial charge in [-0.15, -0.1) is 0 Å². The molecule has 0 spiro atoms. The van der Waals surface area contributed by atoms with E-state index in [1.54, 1.807) is 19.1 Å². The van der Waals surface area contributed by atoms with Crippen LogP contribution in [-0.2, 0) is 16.6 Å². The van der Waals surface area contributed by atoms with Crippen LogP contribution in [0.25, 0.3) is 0 Å². The number of nitrogens with two attached hydrogens (primary N) is 1. The van der Waals surface area contributed by atoms with Gasteiger partial charge in [-0.2, -0.15) is 0 Å². The summed E-state index contributed by atoms with van der Waals surface area (Å²) < 4.78 is 36.2. The van der Waals surface area contributed by atoms with Crippen molar-refractivity contribution in [2.45, 2.75) is 25.3 Å². The van der Waals surface area contributed by atoms with E-state index in [1.807, 2.05) is 13.0 Å². The zero-order valence-corrected chi connectivity index (χ0v) is 12.7. The van der Waals surface area contributed by atoms with Gasteiger partial charge in [0.05, 0.1) is 4.90 Å². The van der Waals surface area contributed by atoms with Crippen molar-refractivity contribution in [3.63, 3.8) is 0 Å². The number of aryl methyl sites for hydroxylation is 2. The minimum atomic E-state index is -3.74. The Morgan fingerprint density at radius 3 is 2.38 bits per heavy atom. The summed E-state index contributed by atoms with van der Waals surface area (Å²) in [6.07, 6.45) is 0. The Balaban J connectivity index is 2.21. The van der Waals surface area contributed by atoms with Gasteiger partial charge >= 0.3 is 0 Å². The molecule has 0 aromatic heterocycles. The molecule has 0 aliphatic heterocycles. The van der Waals surface area contributed by atoms with Crippen molar-refractivity contribution in [2.24, 2.45) is 5.14 Å². The molecule has 0 aliphatic rings. The zero-order valence-electron chi connectivity index (χ0n) is 11.9. The van der Waals surface area contributed by atoms with Gasteiger partial charge in [0.2, 0.25) is 10.0 Å². The number of benzene rings is 2. The first-order chi connectivity index (χ1) is 9.77. The number of rotatable bonds is 4. The summed E-state index contributed by atoms with van der Waals surface area (Å²) in [4.78, 5) is 0.0469. The minimum Gasteiger partial charge on any atom is -0.381 e. The third-order valence-corrected chi connectivity index (χ3v) is 4.17. The number of halogens is 1. The number of anilines is 1. The Hall–Kier alpha value is -1.92. The smallest absolute Gasteiger partial charge is 0.238 e. The monoisotopic (exact) mass is 308 g/mol. The Morgan fingerprint density at radius 1 is 1.10 bits per heavy atom. The molecule has 6 heteroatoms. The van der Waals surface area contributed by atoms with E-state index >= 15 is 0 Å². The maximum absolute atomic E-state index is 13.5. The van der Waals surface area contributed by atoms with Gasteiger partial charge in [0.15, 0.2) is 0 Å². The van der Waals surface area contributed by atoms with Crippen LogP contribution < -0.4 is 10.5 Å². The third kappa shape index (κ3) is 3.80. The number of hydrogen-bond donors (Lipinski definition) is 2. The largest absolute Gasteiger partial charge is 0.381 e. The third-order valence-electron chi connectivity index (χ3n) is 3.26. The topological polar surface area (TPSA) is 72.2 Å². The lowest BCUT2D eigenvalue weighted by molar-refractivity contribution is 0.598. The summed E-state index contributed by atoms with van der Waals surface area (Å²) in [5, 5.41) is 8.22. The van der Waals surface area contributed by atoms with Crippen LogP contribution in [0.5, 0.6) is 0 Å². The summed E-state index contributed by atoms with van der Waals surface area (Å²) >= 11 is 0. The molecule has 4 nitrogen and oxygen atoms in total. The molecule has 0 saturated carbocycles. The molecule has 2 aromatic rings. The van der Waals surface area contributed by atoms with Crippen LogP contribution in [0.4, 0.5) is 10.1 Å². The first-order valence-corrected chi connectivity index (χ1v) is 7.94. The first-order valence-electron chi connectivity index (χ1n) is 6.40. The molecule has 3 N–H and O–H groups in total. The van der Waals surface area contributed by atoms with E-state index in [2.05, 4.69) is 5.32 Å². The summed E-state index contributed by atoms with van der Waals surface area (Å²) in [5.41, 5.74) is 2.90. The lowest BCUT2D eigenvalue weighted by atomic mass is 10.1. The second-order valence-corrected chi connectivity index (χ2v) is 6.52. The summed E-state index contributed by atoms with van der Waals surface area (Å²) in [7, 11) is -3.74. The molecular formula is C15H17FN2O2S. The Kier molecular flexibility index (Phi) is 4.29. The molecule has 2 aromatic carbocycles. The van der Waals surface area contributed by atoms with Crippen LogP contribution in [0.3, 0.4) is 0 Å². The van der Waals surface area contributed by atoms with Gasteiger partial charge in [0, 0.05) is 12.2 Å². The van der Waals surface area contributed by atoms with Crippen LogP contribution in [0.2, 0.25) is 0 Å². The van der Waals surface area contributed by atoms with Crippen LogP contribution >= 0.6 is 0 Å². The number of primary sulfonamides is 1. The second-order valence-electron chi connectivity index (χ2n) is 4.96. The predicted molar refractivity (Wildman–Crippen MR) is 81.0 cm³/mol. The van der Waals surface area contributed by atoms with Crippen LogP contribution in [-0.4, -0.2) is 8.42 Å². The van der Waals surface area contributed by atoms with Crippen LogP contribution in [0.1, 0.15) is 16.7 Å². The zero-order chi connectivity index (χ0) is 15.6. The molecule has 0 radical (unpaired) electrons. The normalized spacial score (nSPS) is 11.4. The lowest BCUT2D eigenvalue weighted by Crippen LogP contribution is -2.13. The standard InChI is InChI=1S/C15H17FN2O2S/c1-10-3-5-12(7-14(10)16)9-18-15-8-13(21(17,19)20)6-4-11(15)2/h3-8,18H,9H2,1-2H3,(H2,17,19,20). The minimum absolute atomic E-state index is 0.0469. The van der Waals surface area contributed by atoms with Crippen molar-refractivity contribution in [3.8, 4) is 0 Å². The van der Waals surface area contributed by atoms with E-state index in [9.17, 15) is 12.8 Å². The molecule has 0 atom stereocenters. The highest BCUT2D eigenvalue weighted by Crippen LogP contribution is 2.20. The Labute approximate surface area is 123 Å². The van der Waals surface area contributed by atoms with Crippen molar-refractivity contribution in [1.82, 2.24) is 0 Å². The maximum Gasteiger partial charge on any atom is 0.238 e. The molecule has 2 rings (SSSR count). The number of nitrogens with one attached hydrogen (secondary N) is 1. The lowest BCUT2D eigenvalue weighted by Gasteiger charge is -2.11. The van der Waals surface area contributed by atoms with Gasteiger partial charge in [0.1, 0.15) is 5.82 Å². The van der Waals surface area contributed by atoms with Crippen molar-refractivity contribution >= 4 is 15.7 Å². The fourth-order valence-electron chi connectivity index (χ4n) is 1.91. The molecule has 0 amide bonds. The Morgan fingerprint density at radius 2 is 1.76 bits per heavy atom.